The SMILES string of the molecule is COc1cccc(C(C)CCN)c1OC1CCN(C)CC1. The highest BCUT2D eigenvalue weighted by molar-refractivity contribution is 5.48. The minimum Gasteiger partial charge on any atom is -0.493 e. The highest BCUT2D eigenvalue weighted by Gasteiger charge is 2.22. The van der Waals surface area contributed by atoms with E-state index in [1.165, 1.54) is 5.56 Å². The van der Waals surface area contributed by atoms with Gasteiger partial charge in [0, 0.05) is 18.7 Å². The summed E-state index contributed by atoms with van der Waals surface area (Å²) in [7, 11) is 3.86. The molecule has 1 atom stereocenters. The first-order chi connectivity index (χ1) is 10.2. The molecule has 1 unspecified atom stereocenters. The van der Waals surface area contributed by atoms with Crippen LogP contribution in [0.3, 0.4) is 0 Å². The van der Waals surface area contributed by atoms with Crippen LogP contribution in [0.2, 0.25) is 0 Å². The molecule has 0 bridgehead atoms. The maximum Gasteiger partial charge on any atom is 0.165 e. The Morgan fingerprint density at radius 2 is 2.05 bits per heavy atom. The molecule has 0 radical (unpaired) electrons. The quantitative estimate of drug-likeness (QED) is 0.875. The van der Waals surface area contributed by atoms with Crippen molar-refractivity contribution in [2.45, 2.75) is 38.2 Å². The molecule has 0 saturated carbocycles. The lowest BCUT2D eigenvalue weighted by Gasteiger charge is -2.31. The van der Waals surface area contributed by atoms with Crippen molar-refractivity contribution >= 4 is 0 Å². The van der Waals surface area contributed by atoms with Gasteiger partial charge in [-0.2, -0.15) is 0 Å². The van der Waals surface area contributed by atoms with Gasteiger partial charge in [0.2, 0.25) is 0 Å². The Morgan fingerprint density at radius 3 is 2.67 bits per heavy atom. The molecule has 2 rings (SSSR count). The Hall–Kier alpha value is -1.26. The van der Waals surface area contributed by atoms with E-state index >= 15 is 0 Å². The number of hydrogen-bond acceptors (Lipinski definition) is 4. The molecule has 1 fully saturated rings. The fourth-order valence-electron chi connectivity index (χ4n) is 2.88. The van der Waals surface area contributed by atoms with Gasteiger partial charge in [-0.25, -0.2) is 0 Å². The summed E-state index contributed by atoms with van der Waals surface area (Å²) in [5.74, 6) is 2.12. The molecule has 2 N–H and O–H groups in total. The van der Waals surface area contributed by atoms with Crippen molar-refractivity contribution in [2.24, 2.45) is 5.73 Å². The van der Waals surface area contributed by atoms with Gasteiger partial charge in [-0.3, -0.25) is 0 Å². The van der Waals surface area contributed by atoms with Crippen LogP contribution in [-0.4, -0.2) is 44.8 Å². The number of hydrogen-bond donors (Lipinski definition) is 1. The Balaban J connectivity index is 2.18. The lowest BCUT2D eigenvalue weighted by Crippen LogP contribution is -2.35. The molecule has 0 aromatic heterocycles. The van der Waals surface area contributed by atoms with Crippen molar-refractivity contribution in [3.63, 3.8) is 0 Å². The first-order valence-corrected chi connectivity index (χ1v) is 7.87. The van der Waals surface area contributed by atoms with Gasteiger partial charge in [-0.05, 0) is 44.8 Å². The monoisotopic (exact) mass is 292 g/mol. The van der Waals surface area contributed by atoms with Crippen LogP contribution in [0.5, 0.6) is 11.5 Å². The van der Waals surface area contributed by atoms with E-state index in [0.717, 1.165) is 43.9 Å². The number of benzene rings is 1. The Kier molecular flexibility index (Phi) is 5.88. The van der Waals surface area contributed by atoms with Crippen molar-refractivity contribution in [1.29, 1.82) is 0 Å². The van der Waals surface area contributed by atoms with Crippen LogP contribution in [-0.2, 0) is 0 Å². The zero-order chi connectivity index (χ0) is 15.2. The third kappa shape index (κ3) is 4.11. The first-order valence-electron chi connectivity index (χ1n) is 7.87. The van der Waals surface area contributed by atoms with E-state index in [0.29, 0.717) is 12.5 Å². The first kappa shape index (κ1) is 16.1. The van der Waals surface area contributed by atoms with Crippen LogP contribution in [0.4, 0.5) is 0 Å². The maximum absolute atomic E-state index is 6.33. The summed E-state index contributed by atoms with van der Waals surface area (Å²) in [5, 5.41) is 0. The molecule has 1 aromatic carbocycles. The van der Waals surface area contributed by atoms with Crippen molar-refractivity contribution < 1.29 is 9.47 Å². The highest BCUT2D eigenvalue weighted by atomic mass is 16.5. The van der Waals surface area contributed by atoms with Gasteiger partial charge in [0.15, 0.2) is 11.5 Å². The summed E-state index contributed by atoms with van der Waals surface area (Å²) < 4.78 is 11.8. The molecule has 4 nitrogen and oxygen atoms in total. The predicted molar refractivity (Wildman–Crippen MR) is 86.2 cm³/mol. The second kappa shape index (κ2) is 7.66. The normalized spacial score (nSPS) is 18.5. The third-order valence-corrected chi connectivity index (χ3v) is 4.31. The largest absolute Gasteiger partial charge is 0.493 e. The van der Waals surface area contributed by atoms with Gasteiger partial charge in [0.05, 0.1) is 7.11 Å². The van der Waals surface area contributed by atoms with E-state index < -0.39 is 0 Å². The molecular formula is C17H28N2O2. The second-order valence-electron chi connectivity index (χ2n) is 5.98. The smallest absolute Gasteiger partial charge is 0.165 e. The minimum absolute atomic E-state index is 0.279. The maximum atomic E-state index is 6.33. The van der Waals surface area contributed by atoms with Crippen LogP contribution in [0, 0.1) is 0 Å². The highest BCUT2D eigenvalue weighted by Crippen LogP contribution is 2.38. The van der Waals surface area contributed by atoms with Crippen LogP contribution in [0.25, 0.3) is 0 Å². The summed E-state index contributed by atoms with van der Waals surface area (Å²) in [6.45, 7) is 5.07. The molecule has 1 aliphatic heterocycles. The molecule has 1 saturated heterocycles. The average Bonchev–Trinajstić information content (AvgIpc) is 2.50. The molecular weight excluding hydrogens is 264 g/mol. The van der Waals surface area contributed by atoms with Gasteiger partial charge >= 0.3 is 0 Å². The summed E-state index contributed by atoms with van der Waals surface area (Å²) in [5.41, 5.74) is 6.92. The number of rotatable bonds is 6. The Morgan fingerprint density at radius 1 is 1.33 bits per heavy atom. The van der Waals surface area contributed by atoms with E-state index in [9.17, 15) is 0 Å². The molecule has 1 aliphatic rings. The molecule has 1 aromatic rings. The molecule has 118 valence electrons. The van der Waals surface area contributed by atoms with Crippen LogP contribution in [0.1, 0.15) is 37.7 Å². The van der Waals surface area contributed by atoms with Crippen LogP contribution >= 0.6 is 0 Å². The van der Waals surface area contributed by atoms with Gasteiger partial charge in [-0.15, -0.1) is 0 Å². The lowest BCUT2D eigenvalue weighted by atomic mass is 9.96. The van der Waals surface area contributed by atoms with Gasteiger partial charge in [0.25, 0.3) is 0 Å². The van der Waals surface area contributed by atoms with E-state index in [1.807, 2.05) is 12.1 Å². The summed E-state index contributed by atoms with van der Waals surface area (Å²) in [6, 6.07) is 6.14. The number of ether oxygens (including phenoxy) is 2. The van der Waals surface area contributed by atoms with E-state index in [-0.39, 0.29) is 6.10 Å². The Bertz CT molecular complexity index is 442. The molecule has 0 aliphatic carbocycles. The summed E-state index contributed by atoms with van der Waals surface area (Å²) in [6.07, 6.45) is 3.37. The fraction of sp³-hybridized carbons (Fsp3) is 0.647. The molecule has 0 spiro atoms. The number of nitrogens with zero attached hydrogens (tertiary/aromatic N) is 1. The van der Waals surface area contributed by atoms with E-state index in [1.54, 1.807) is 7.11 Å². The number of methoxy groups -OCH3 is 1. The molecule has 21 heavy (non-hydrogen) atoms. The molecule has 0 amide bonds. The van der Waals surface area contributed by atoms with E-state index in [4.69, 9.17) is 15.2 Å². The van der Waals surface area contributed by atoms with Crippen LogP contribution < -0.4 is 15.2 Å². The summed E-state index contributed by atoms with van der Waals surface area (Å²) >= 11 is 0. The van der Waals surface area contributed by atoms with Crippen molar-refractivity contribution in [3.05, 3.63) is 23.8 Å². The van der Waals surface area contributed by atoms with Gasteiger partial charge in [-0.1, -0.05) is 19.1 Å². The summed E-state index contributed by atoms with van der Waals surface area (Å²) in [4.78, 5) is 2.35. The number of para-hydroxylation sites is 1. The molecule has 4 heteroatoms. The van der Waals surface area contributed by atoms with Gasteiger partial charge in [0.1, 0.15) is 6.10 Å². The fourth-order valence-corrected chi connectivity index (χ4v) is 2.88. The molecule has 1 heterocycles. The van der Waals surface area contributed by atoms with Crippen molar-refractivity contribution in [3.8, 4) is 11.5 Å². The Labute approximate surface area is 128 Å². The predicted octanol–water partition coefficient (Wildman–Crippen LogP) is 2.62. The van der Waals surface area contributed by atoms with Crippen LogP contribution in [0.15, 0.2) is 18.2 Å². The number of piperidine rings is 1. The zero-order valence-corrected chi connectivity index (χ0v) is 13.5. The van der Waals surface area contributed by atoms with Gasteiger partial charge < -0.3 is 20.1 Å². The standard InChI is InChI=1S/C17H28N2O2/c1-13(7-10-18)15-5-4-6-16(20-3)17(15)21-14-8-11-19(2)12-9-14/h4-6,13-14H,7-12,18H2,1-3H3. The second-order valence-corrected chi connectivity index (χ2v) is 5.98. The topological polar surface area (TPSA) is 47.7 Å². The average molecular weight is 292 g/mol. The third-order valence-electron chi connectivity index (χ3n) is 4.31. The zero-order valence-electron chi connectivity index (χ0n) is 13.5. The van der Waals surface area contributed by atoms with Crippen molar-refractivity contribution in [1.82, 2.24) is 4.90 Å². The number of likely N-dealkylation sites (tertiary alicyclic amines) is 1. The van der Waals surface area contributed by atoms with E-state index in [2.05, 4.69) is 24.9 Å². The number of nitrogens with two attached hydrogens (primary N) is 1. The van der Waals surface area contributed by atoms with Crippen molar-refractivity contribution in [2.75, 3.05) is 33.8 Å². The lowest BCUT2D eigenvalue weighted by molar-refractivity contribution is 0.110. The minimum atomic E-state index is 0.279.